The van der Waals surface area contributed by atoms with Gasteiger partial charge < -0.3 is 14.9 Å². The van der Waals surface area contributed by atoms with E-state index in [0.29, 0.717) is 33.5 Å². The molecule has 0 atom stereocenters. The van der Waals surface area contributed by atoms with Crippen LogP contribution in [0.1, 0.15) is 0 Å². The van der Waals surface area contributed by atoms with Crippen molar-refractivity contribution in [3.05, 3.63) is 81.3 Å². The molecule has 0 aliphatic rings. The van der Waals surface area contributed by atoms with E-state index in [1.807, 2.05) is 0 Å². The molecule has 4 aromatic rings. The van der Waals surface area contributed by atoms with E-state index >= 15 is 0 Å². The lowest BCUT2D eigenvalue weighted by atomic mass is 10.1. The number of fused-ring (bicyclic) bond motifs is 1. The van der Waals surface area contributed by atoms with Crippen molar-refractivity contribution in [2.45, 2.75) is 0 Å². The lowest BCUT2D eigenvalue weighted by Gasteiger charge is -2.11. The number of anilines is 2. The van der Waals surface area contributed by atoms with E-state index in [4.69, 9.17) is 0 Å². The Hall–Kier alpha value is -4.01. The average molecular weight is 379 g/mol. The fourth-order valence-corrected chi connectivity index (χ4v) is 3.11. The molecule has 0 aliphatic carbocycles. The highest BCUT2D eigenvalue weighted by molar-refractivity contribution is 5.99. The maximum Gasteiger partial charge on any atom is 0.288 e. The van der Waals surface area contributed by atoms with Gasteiger partial charge in [0, 0.05) is 47.7 Å². The van der Waals surface area contributed by atoms with Crippen molar-refractivity contribution in [3.8, 4) is 11.1 Å². The first-order valence-corrected chi connectivity index (χ1v) is 8.28. The number of aromatic amines is 1. The molecular weight excluding hydrogens is 365 g/mol. The van der Waals surface area contributed by atoms with Gasteiger partial charge in [-0.1, -0.05) is 0 Å². The molecule has 0 radical (unpaired) electrons. The Morgan fingerprint density at radius 1 is 1.21 bits per heavy atom. The predicted molar refractivity (Wildman–Crippen MR) is 103 cm³/mol. The molecule has 9 heteroatoms. The third-order valence-corrected chi connectivity index (χ3v) is 4.38. The molecule has 0 spiro atoms. The van der Waals surface area contributed by atoms with Crippen LogP contribution in [0.15, 0.2) is 59.8 Å². The molecule has 140 valence electrons. The SMILES string of the molecule is Cn1cc(-c2cc([N+](=O)[O-])cnc2Nc2ccc(F)cc2)c2cc[nH]c(=O)c21. The maximum atomic E-state index is 13.2. The van der Waals surface area contributed by atoms with E-state index in [2.05, 4.69) is 15.3 Å². The van der Waals surface area contributed by atoms with Crippen LogP contribution >= 0.6 is 0 Å². The average Bonchev–Trinajstić information content (AvgIpc) is 3.01. The van der Waals surface area contributed by atoms with Gasteiger partial charge in [0.1, 0.15) is 23.3 Å². The summed E-state index contributed by atoms with van der Waals surface area (Å²) >= 11 is 0. The predicted octanol–water partition coefficient (Wildman–Crippen LogP) is 3.72. The van der Waals surface area contributed by atoms with E-state index in [9.17, 15) is 19.3 Å². The number of hydrogen-bond donors (Lipinski definition) is 2. The Morgan fingerprint density at radius 2 is 1.96 bits per heavy atom. The van der Waals surface area contributed by atoms with E-state index in [-0.39, 0.29) is 17.1 Å². The quantitative estimate of drug-likeness (QED) is 0.415. The lowest BCUT2D eigenvalue weighted by molar-refractivity contribution is -0.385. The highest BCUT2D eigenvalue weighted by atomic mass is 19.1. The molecule has 0 fully saturated rings. The number of aromatic nitrogens is 3. The Labute approximate surface area is 157 Å². The summed E-state index contributed by atoms with van der Waals surface area (Å²) in [5.41, 5.74) is 1.64. The minimum absolute atomic E-state index is 0.179. The number of rotatable bonds is 4. The van der Waals surface area contributed by atoms with Crippen molar-refractivity contribution in [1.29, 1.82) is 0 Å². The maximum absolute atomic E-state index is 13.2. The van der Waals surface area contributed by atoms with E-state index in [1.165, 1.54) is 36.5 Å². The second kappa shape index (κ2) is 6.62. The first kappa shape index (κ1) is 17.4. The number of pyridine rings is 2. The molecule has 0 saturated heterocycles. The number of aryl methyl sites for hydroxylation is 1. The van der Waals surface area contributed by atoms with Crippen LogP contribution in [0.2, 0.25) is 0 Å². The molecule has 0 aliphatic heterocycles. The molecule has 2 N–H and O–H groups in total. The van der Waals surface area contributed by atoms with Gasteiger partial charge in [-0.3, -0.25) is 14.9 Å². The summed E-state index contributed by atoms with van der Waals surface area (Å²) in [4.78, 5) is 29.7. The molecule has 28 heavy (non-hydrogen) atoms. The third kappa shape index (κ3) is 2.98. The van der Waals surface area contributed by atoms with Gasteiger partial charge in [-0.25, -0.2) is 9.37 Å². The number of hydrogen-bond acceptors (Lipinski definition) is 5. The zero-order valence-corrected chi connectivity index (χ0v) is 14.6. The first-order valence-electron chi connectivity index (χ1n) is 8.28. The fraction of sp³-hybridized carbons (Fsp3) is 0.0526. The van der Waals surface area contributed by atoms with Crippen LogP contribution in [0.3, 0.4) is 0 Å². The monoisotopic (exact) mass is 379 g/mol. The standard InChI is InChI=1S/C19H14FN5O3/c1-24-10-16(14-6-7-21-19(26)17(14)24)15-8-13(25(27)28)9-22-18(15)23-12-4-2-11(20)3-5-12/h2-10H,1H3,(H,21,26)(H,22,23). The first-order chi connectivity index (χ1) is 13.4. The summed E-state index contributed by atoms with van der Waals surface area (Å²) in [5.74, 6) is -0.0271. The normalized spacial score (nSPS) is 10.9. The minimum atomic E-state index is -0.532. The molecule has 3 aromatic heterocycles. The Kier molecular flexibility index (Phi) is 4.11. The zero-order chi connectivity index (χ0) is 19.8. The van der Waals surface area contributed by atoms with Gasteiger partial charge in [0.05, 0.1) is 4.92 Å². The topological polar surface area (TPSA) is 106 Å². The van der Waals surface area contributed by atoms with Crippen molar-refractivity contribution in [2.24, 2.45) is 7.05 Å². The molecule has 0 saturated carbocycles. The van der Waals surface area contributed by atoms with Gasteiger partial charge in [-0.15, -0.1) is 0 Å². The van der Waals surface area contributed by atoms with Crippen molar-refractivity contribution in [1.82, 2.24) is 14.5 Å². The Morgan fingerprint density at radius 3 is 2.68 bits per heavy atom. The van der Waals surface area contributed by atoms with Crippen molar-refractivity contribution in [2.75, 3.05) is 5.32 Å². The molecule has 0 unspecified atom stereocenters. The molecular formula is C19H14FN5O3. The lowest BCUT2D eigenvalue weighted by Crippen LogP contribution is -2.07. The van der Waals surface area contributed by atoms with Gasteiger partial charge in [-0.2, -0.15) is 0 Å². The summed E-state index contributed by atoms with van der Waals surface area (Å²) in [6.07, 6.45) is 4.38. The Bertz CT molecular complexity index is 1260. The smallest absolute Gasteiger partial charge is 0.288 e. The van der Waals surface area contributed by atoms with E-state index in [0.717, 1.165) is 6.20 Å². The molecule has 0 amide bonds. The third-order valence-electron chi connectivity index (χ3n) is 4.38. The van der Waals surface area contributed by atoms with Crippen molar-refractivity contribution < 1.29 is 9.31 Å². The van der Waals surface area contributed by atoms with Gasteiger partial charge in [0.15, 0.2) is 0 Å². The van der Waals surface area contributed by atoms with Crippen LogP contribution in [0.5, 0.6) is 0 Å². The van der Waals surface area contributed by atoms with E-state index in [1.54, 1.807) is 23.9 Å². The zero-order valence-electron chi connectivity index (χ0n) is 14.6. The molecule has 8 nitrogen and oxygen atoms in total. The molecule has 4 rings (SSSR count). The largest absolute Gasteiger partial charge is 0.345 e. The molecule has 0 bridgehead atoms. The van der Waals surface area contributed by atoms with E-state index < -0.39 is 4.92 Å². The number of H-pyrrole nitrogens is 1. The number of benzene rings is 1. The second-order valence-corrected chi connectivity index (χ2v) is 6.20. The Balaban J connectivity index is 1.93. The second-order valence-electron chi connectivity index (χ2n) is 6.20. The highest BCUT2D eigenvalue weighted by Crippen LogP contribution is 2.36. The summed E-state index contributed by atoms with van der Waals surface area (Å²) in [5, 5.41) is 15.0. The van der Waals surface area contributed by atoms with Crippen LogP contribution in [-0.2, 0) is 7.05 Å². The van der Waals surface area contributed by atoms with Gasteiger partial charge in [-0.05, 0) is 30.3 Å². The van der Waals surface area contributed by atoms with Gasteiger partial charge >= 0.3 is 0 Å². The fourth-order valence-electron chi connectivity index (χ4n) is 3.11. The van der Waals surface area contributed by atoms with Crippen molar-refractivity contribution >= 4 is 28.1 Å². The summed E-state index contributed by atoms with van der Waals surface area (Å²) < 4.78 is 14.8. The van der Waals surface area contributed by atoms with Crippen molar-refractivity contribution in [3.63, 3.8) is 0 Å². The van der Waals surface area contributed by atoms with Crippen LogP contribution < -0.4 is 10.9 Å². The summed E-state index contributed by atoms with van der Waals surface area (Å²) in [6.45, 7) is 0. The number of nitrogens with one attached hydrogen (secondary N) is 2. The van der Waals surface area contributed by atoms with Crippen LogP contribution in [0.4, 0.5) is 21.6 Å². The van der Waals surface area contributed by atoms with Crippen LogP contribution in [0.25, 0.3) is 22.0 Å². The van der Waals surface area contributed by atoms with Crippen LogP contribution in [0, 0.1) is 15.9 Å². The van der Waals surface area contributed by atoms with Gasteiger partial charge in [0.25, 0.3) is 11.2 Å². The highest BCUT2D eigenvalue weighted by Gasteiger charge is 2.19. The minimum Gasteiger partial charge on any atom is -0.345 e. The molecule has 3 heterocycles. The summed E-state index contributed by atoms with van der Waals surface area (Å²) in [7, 11) is 1.72. The summed E-state index contributed by atoms with van der Waals surface area (Å²) in [6, 6.07) is 8.79. The van der Waals surface area contributed by atoms with Gasteiger partial charge in [0.2, 0.25) is 0 Å². The molecule has 1 aromatic carbocycles. The number of nitrogens with zero attached hydrogens (tertiary/aromatic N) is 3. The van der Waals surface area contributed by atoms with Crippen LogP contribution in [-0.4, -0.2) is 19.5 Å². The number of halogens is 1. The number of nitro groups is 1.